The first-order valence-corrected chi connectivity index (χ1v) is 7.99. The fourth-order valence-electron chi connectivity index (χ4n) is 2.96. The third kappa shape index (κ3) is 3.22. The molecule has 0 heterocycles. The van der Waals surface area contributed by atoms with Gasteiger partial charge >= 0.3 is 0 Å². The highest BCUT2D eigenvalue weighted by Crippen LogP contribution is 2.41. The largest absolute Gasteiger partial charge is 0.345 e. The van der Waals surface area contributed by atoms with Crippen LogP contribution in [0.1, 0.15) is 51.5 Å². The van der Waals surface area contributed by atoms with Gasteiger partial charge in [-0.05, 0) is 56.7 Å². The van der Waals surface area contributed by atoms with Gasteiger partial charge in [0.15, 0.2) is 0 Å². The maximum absolute atomic E-state index is 12.6. The first-order chi connectivity index (χ1) is 10.5. The summed E-state index contributed by atoms with van der Waals surface area (Å²) < 4.78 is 0. The molecule has 1 N–H and O–H groups in total. The van der Waals surface area contributed by atoms with Crippen LogP contribution < -0.4 is 5.32 Å². The van der Waals surface area contributed by atoms with Gasteiger partial charge in [0.2, 0.25) is 0 Å². The van der Waals surface area contributed by atoms with Crippen molar-refractivity contribution in [2.45, 2.75) is 39.7 Å². The summed E-state index contributed by atoms with van der Waals surface area (Å²) in [6.45, 7) is 6.14. The van der Waals surface area contributed by atoms with Crippen LogP contribution in [0.15, 0.2) is 42.5 Å². The second kappa shape index (κ2) is 5.96. The van der Waals surface area contributed by atoms with E-state index in [1.54, 1.807) is 0 Å². The Bertz CT molecular complexity index is 683. The first-order valence-electron chi connectivity index (χ1n) is 7.99. The summed E-state index contributed by atoms with van der Waals surface area (Å²) in [7, 11) is 0. The molecule has 1 atom stereocenters. The lowest BCUT2D eigenvalue weighted by Gasteiger charge is -2.20. The number of carbonyl (C=O) groups excluding carboxylic acids is 1. The normalized spacial score (nSPS) is 15.4. The minimum atomic E-state index is 0.0370. The molecule has 0 aliphatic heterocycles. The van der Waals surface area contributed by atoms with Gasteiger partial charge in [0, 0.05) is 5.56 Å². The van der Waals surface area contributed by atoms with Crippen LogP contribution in [0.25, 0.3) is 0 Å². The zero-order chi connectivity index (χ0) is 15.7. The van der Waals surface area contributed by atoms with Crippen molar-refractivity contribution in [3.05, 3.63) is 70.3 Å². The molecule has 3 rings (SSSR count). The van der Waals surface area contributed by atoms with Crippen molar-refractivity contribution in [3.63, 3.8) is 0 Å². The maximum Gasteiger partial charge on any atom is 0.252 e. The molecule has 2 nitrogen and oxygen atoms in total. The average molecular weight is 293 g/mol. The predicted molar refractivity (Wildman–Crippen MR) is 90.0 cm³/mol. The van der Waals surface area contributed by atoms with E-state index in [1.807, 2.05) is 26.0 Å². The SMILES string of the molecule is Cc1ccc(C(NC(=O)c2ccc(C)cc2C)C2CC2)cc1. The van der Waals surface area contributed by atoms with Crippen molar-refractivity contribution in [3.8, 4) is 0 Å². The zero-order valence-corrected chi connectivity index (χ0v) is 13.5. The molecule has 22 heavy (non-hydrogen) atoms. The third-order valence-corrected chi connectivity index (χ3v) is 4.44. The Balaban J connectivity index is 1.82. The Morgan fingerprint density at radius 1 is 1.00 bits per heavy atom. The summed E-state index contributed by atoms with van der Waals surface area (Å²) in [5.74, 6) is 0.618. The van der Waals surface area contributed by atoms with E-state index in [0.29, 0.717) is 5.92 Å². The fourth-order valence-corrected chi connectivity index (χ4v) is 2.96. The van der Waals surface area contributed by atoms with Gasteiger partial charge in [-0.1, -0.05) is 47.5 Å². The lowest BCUT2D eigenvalue weighted by molar-refractivity contribution is 0.0931. The molecule has 2 heteroatoms. The quantitative estimate of drug-likeness (QED) is 0.884. The number of rotatable bonds is 4. The van der Waals surface area contributed by atoms with Gasteiger partial charge in [-0.2, -0.15) is 0 Å². The van der Waals surface area contributed by atoms with Crippen molar-refractivity contribution in [1.29, 1.82) is 0 Å². The van der Waals surface area contributed by atoms with E-state index in [4.69, 9.17) is 0 Å². The summed E-state index contributed by atoms with van der Waals surface area (Å²) in [4.78, 5) is 12.6. The minimum Gasteiger partial charge on any atom is -0.345 e. The molecule has 1 amide bonds. The van der Waals surface area contributed by atoms with Crippen LogP contribution in [0.4, 0.5) is 0 Å². The maximum atomic E-state index is 12.6. The molecule has 1 aliphatic rings. The van der Waals surface area contributed by atoms with Gasteiger partial charge in [-0.25, -0.2) is 0 Å². The molecule has 1 aliphatic carbocycles. The van der Waals surface area contributed by atoms with Crippen LogP contribution in [-0.2, 0) is 0 Å². The number of amides is 1. The van der Waals surface area contributed by atoms with Crippen molar-refractivity contribution in [1.82, 2.24) is 5.32 Å². The Kier molecular flexibility index (Phi) is 4.02. The summed E-state index contributed by atoms with van der Waals surface area (Å²) in [5, 5.41) is 3.25. The number of hydrogen-bond donors (Lipinski definition) is 1. The van der Waals surface area contributed by atoms with Gasteiger partial charge in [0.1, 0.15) is 0 Å². The van der Waals surface area contributed by atoms with E-state index in [1.165, 1.54) is 29.5 Å². The number of carbonyl (C=O) groups is 1. The summed E-state index contributed by atoms with van der Waals surface area (Å²) in [6, 6.07) is 14.6. The lowest BCUT2D eigenvalue weighted by Crippen LogP contribution is -2.30. The molecule has 1 fully saturated rings. The number of hydrogen-bond acceptors (Lipinski definition) is 1. The van der Waals surface area contributed by atoms with Crippen LogP contribution in [0, 0.1) is 26.7 Å². The summed E-state index contributed by atoms with van der Waals surface area (Å²) in [6.07, 6.45) is 2.40. The standard InChI is InChI=1S/C20H23NO/c1-13-4-7-16(8-5-13)19(17-9-10-17)21-20(22)18-11-6-14(2)12-15(18)3/h4-8,11-12,17,19H,9-10H2,1-3H3,(H,21,22). The molecule has 1 unspecified atom stereocenters. The number of benzene rings is 2. The average Bonchev–Trinajstić information content (AvgIpc) is 3.30. The summed E-state index contributed by atoms with van der Waals surface area (Å²) >= 11 is 0. The highest BCUT2D eigenvalue weighted by atomic mass is 16.1. The Morgan fingerprint density at radius 2 is 1.64 bits per heavy atom. The van der Waals surface area contributed by atoms with E-state index in [9.17, 15) is 4.79 Å². The number of aryl methyl sites for hydroxylation is 3. The fraction of sp³-hybridized carbons (Fsp3) is 0.350. The molecule has 0 bridgehead atoms. The topological polar surface area (TPSA) is 29.1 Å². The van der Waals surface area contributed by atoms with Crippen LogP contribution in [-0.4, -0.2) is 5.91 Å². The summed E-state index contributed by atoms with van der Waals surface area (Å²) in [5.41, 5.74) is 5.47. The molecule has 0 saturated heterocycles. The van der Waals surface area contributed by atoms with Gasteiger partial charge in [-0.3, -0.25) is 4.79 Å². The van der Waals surface area contributed by atoms with Gasteiger partial charge in [0.05, 0.1) is 6.04 Å². The Hall–Kier alpha value is -2.09. The molecule has 114 valence electrons. The van der Waals surface area contributed by atoms with Gasteiger partial charge in [-0.15, -0.1) is 0 Å². The van der Waals surface area contributed by atoms with Crippen molar-refractivity contribution in [2.75, 3.05) is 0 Å². The van der Waals surface area contributed by atoms with Crippen molar-refractivity contribution in [2.24, 2.45) is 5.92 Å². The molecular weight excluding hydrogens is 270 g/mol. The van der Waals surface area contributed by atoms with E-state index in [0.717, 1.165) is 11.1 Å². The molecule has 2 aromatic carbocycles. The zero-order valence-electron chi connectivity index (χ0n) is 13.5. The van der Waals surface area contributed by atoms with Crippen LogP contribution in [0.5, 0.6) is 0 Å². The van der Waals surface area contributed by atoms with E-state index < -0.39 is 0 Å². The molecule has 0 spiro atoms. The van der Waals surface area contributed by atoms with Crippen molar-refractivity contribution < 1.29 is 4.79 Å². The minimum absolute atomic E-state index is 0.0370. The molecule has 1 saturated carbocycles. The van der Waals surface area contributed by atoms with E-state index in [-0.39, 0.29) is 11.9 Å². The second-order valence-electron chi connectivity index (χ2n) is 6.52. The third-order valence-electron chi connectivity index (χ3n) is 4.44. The molecule has 0 aromatic heterocycles. The predicted octanol–water partition coefficient (Wildman–Crippen LogP) is 4.49. The first kappa shape index (κ1) is 14.8. The van der Waals surface area contributed by atoms with Crippen LogP contribution >= 0.6 is 0 Å². The van der Waals surface area contributed by atoms with E-state index in [2.05, 4.69) is 42.6 Å². The number of nitrogens with one attached hydrogen (secondary N) is 1. The Morgan fingerprint density at radius 3 is 2.23 bits per heavy atom. The Labute approximate surface area is 132 Å². The van der Waals surface area contributed by atoms with Crippen LogP contribution in [0.3, 0.4) is 0 Å². The van der Waals surface area contributed by atoms with Gasteiger partial charge in [0.25, 0.3) is 5.91 Å². The smallest absolute Gasteiger partial charge is 0.252 e. The highest BCUT2D eigenvalue weighted by molar-refractivity contribution is 5.96. The van der Waals surface area contributed by atoms with Crippen molar-refractivity contribution >= 4 is 5.91 Å². The molecule has 2 aromatic rings. The lowest BCUT2D eigenvalue weighted by atomic mass is 9.99. The second-order valence-corrected chi connectivity index (χ2v) is 6.52. The molecular formula is C20H23NO. The highest BCUT2D eigenvalue weighted by Gasteiger charge is 2.33. The monoisotopic (exact) mass is 293 g/mol. The molecule has 0 radical (unpaired) electrons. The van der Waals surface area contributed by atoms with E-state index >= 15 is 0 Å². The van der Waals surface area contributed by atoms with Crippen LogP contribution in [0.2, 0.25) is 0 Å². The van der Waals surface area contributed by atoms with Gasteiger partial charge < -0.3 is 5.32 Å².